The number of benzene rings is 1. The normalized spacial score (nSPS) is 11.8. The molecular weight excluding hydrogens is 352 g/mol. The van der Waals surface area contributed by atoms with Crippen molar-refractivity contribution >= 4 is 6.09 Å². The van der Waals surface area contributed by atoms with Gasteiger partial charge in [0.25, 0.3) is 0 Å². The quantitative estimate of drug-likeness (QED) is 0.542. The molecule has 0 bridgehead atoms. The van der Waals surface area contributed by atoms with Crippen LogP contribution in [0.3, 0.4) is 0 Å². The van der Waals surface area contributed by atoms with Crippen molar-refractivity contribution in [3.8, 4) is 5.75 Å². The fourth-order valence-corrected chi connectivity index (χ4v) is 2.47. The zero-order chi connectivity index (χ0) is 19.8. The van der Waals surface area contributed by atoms with Crippen molar-refractivity contribution in [3.05, 3.63) is 63.6 Å². The molecule has 1 heterocycles. The first-order valence-electron chi connectivity index (χ1n) is 8.50. The van der Waals surface area contributed by atoms with Crippen molar-refractivity contribution in [2.24, 2.45) is 0 Å². The van der Waals surface area contributed by atoms with Crippen LogP contribution in [0.25, 0.3) is 0 Å². The monoisotopic (exact) mass is 376 g/mol. The minimum Gasteiger partial charge on any atom is -0.503 e. The van der Waals surface area contributed by atoms with Crippen molar-refractivity contribution < 1.29 is 24.4 Å². The van der Waals surface area contributed by atoms with Gasteiger partial charge in [0.2, 0.25) is 5.43 Å². The van der Waals surface area contributed by atoms with E-state index in [0.29, 0.717) is 25.4 Å². The number of amides is 1. The van der Waals surface area contributed by atoms with E-state index in [1.54, 1.807) is 24.6 Å². The maximum atomic E-state index is 12.0. The summed E-state index contributed by atoms with van der Waals surface area (Å²) in [6.07, 6.45) is 0.611. The molecule has 1 amide bonds. The lowest BCUT2D eigenvalue weighted by Crippen LogP contribution is -2.29. The van der Waals surface area contributed by atoms with E-state index in [-0.39, 0.29) is 5.75 Å². The molecule has 0 saturated carbocycles. The molecule has 2 N–H and O–H groups in total. The maximum Gasteiger partial charge on any atom is 0.407 e. The Morgan fingerprint density at radius 1 is 1.26 bits per heavy atom. The summed E-state index contributed by atoms with van der Waals surface area (Å²) in [5.41, 5.74) is 1.82. The molecule has 0 spiro atoms. The summed E-state index contributed by atoms with van der Waals surface area (Å²) in [7, 11) is 1.45. The number of aromatic nitrogens is 1. The minimum absolute atomic E-state index is 0.284. The van der Waals surface area contributed by atoms with Crippen molar-refractivity contribution in [3.63, 3.8) is 0 Å². The molecule has 1 aromatic carbocycles. The van der Waals surface area contributed by atoms with E-state index in [1.807, 2.05) is 24.3 Å². The molecule has 8 heteroatoms. The summed E-state index contributed by atoms with van der Waals surface area (Å²) >= 11 is 0. The molecule has 0 unspecified atom stereocenters. The summed E-state index contributed by atoms with van der Waals surface area (Å²) in [5, 5.41) is 12.3. The molecule has 0 fully saturated rings. The number of ether oxygens (including phenoxy) is 1. The zero-order valence-electron chi connectivity index (χ0n) is 15.6. The van der Waals surface area contributed by atoms with Crippen LogP contribution in [0.15, 0.2) is 41.3 Å². The number of carbonyl (C=O) groups excluding carboxylic acids is 1. The number of aromatic hydroxyl groups is 1. The molecule has 0 aliphatic carbocycles. The Hall–Kier alpha value is -2.84. The Labute approximate surface area is 157 Å². The van der Waals surface area contributed by atoms with Gasteiger partial charge in [0, 0.05) is 25.4 Å². The average Bonchev–Trinajstić information content (AvgIpc) is 2.66. The Balaban J connectivity index is 1.81. The molecule has 0 saturated heterocycles. The van der Waals surface area contributed by atoms with Gasteiger partial charge in [-0.15, -0.1) is 0 Å². The highest BCUT2D eigenvalue weighted by atomic mass is 17.2. The van der Waals surface area contributed by atoms with Crippen LogP contribution in [0.2, 0.25) is 0 Å². The highest BCUT2D eigenvalue weighted by molar-refractivity contribution is 5.67. The first-order chi connectivity index (χ1) is 12.9. The number of hydrogen-bond donors (Lipinski definition) is 2. The Morgan fingerprint density at radius 3 is 2.63 bits per heavy atom. The maximum absolute atomic E-state index is 12.0. The molecule has 1 atom stereocenters. The number of hydrogen-bond acceptors (Lipinski definition) is 6. The number of nitrogens with zero attached hydrogens (tertiary/aromatic N) is 1. The lowest BCUT2D eigenvalue weighted by molar-refractivity contribution is -0.282. The lowest BCUT2D eigenvalue weighted by atomic mass is 10.1. The summed E-state index contributed by atoms with van der Waals surface area (Å²) in [4.78, 5) is 32.7. The standard InChI is InChI=1S/C19H24N2O6/c1-13-18(23)17(22)8-10-21(13)11-9-20-19(24)27-14(2)16-6-4-15(5-7-16)12-26-25-3/h4-8,10,14,23H,9,11-12H2,1-3H3,(H,20,24)/t14-/m0/s1. The van der Waals surface area contributed by atoms with Crippen LogP contribution in [0, 0.1) is 6.92 Å². The number of pyridine rings is 1. The fraction of sp³-hybridized carbons (Fsp3) is 0.368. The second kappa shape index (κ2) is 9.75. The van der Waals surface area contributed by atoms with Gasteiger partial charge in [-0.05, 0) is 25.0 Å². The average molecular weight is 376 g/mol. The number of alkyl carbamates (subject to hydrolysis) is 1. The second-order valence-electron chi connectivity index (χ2n) is 5.95. The third kappa shape index (κ3) is 5.83. The summed E-state index contributed by atoms with van der Waals surface area (Å²) in [6, 6.07) is 8.75. The van der Waals surface area contributed by atoms with Gasteiger partial charge in [-0.1, -0.05) is 24.3 Å². The molecule has 2 rings (SSSR count). The van der Waals surface area contributed by atoms with E-state index in [2.05, 4.69) is 10.2 Å². The third-order valence-electron chi connectivity index (χ3n) is 4.11. The Kier molecular flexibility index (Phi) is 7.39. The number of carbonyl (C=O) groups is 1. The van der Waals surface area contributed by atoms with Crippen LogP contribution in [0.4, 0.5) is 4.79 Å². The summed E-state index contributed by atoms with van der Waals surface area (Å²) < 4.78 is 7.04. The molecular formula is C19H24N2O6. The zero-order valence-corrected chi connectivity index (χ0v) is 15.6. The van der Waals surface area contributed by atoms with E-state index in [0.717, 1.165) is 11.1 Å². The highest BCUT2D eigenvalue weighted by Gasteiger charge is 2.12. The SMILES string of the molecule is COOCc1ccc([C@H](C)OC(=O)NCCn2ccc(=O)c(O)c2C)cc1. The smallest absolute Gasteiger partial charge is 0.407 e. The van der Waals surface area contributed by atoms with E-state index in [9.17, 15) is 14.7 Å². The van der Waals surface area contributed by atoms with E-state index in [1.165, 1.54) is 13.2 Å². The van der Waals surface area contributed by atoms with Gasteiger partial charge in [0.15, 0.2) is 5.75 Å². The van der Waals surface area contributed by atoms with E-state index < -0.39 is 17.6 Å². The van der Waals surface area contributed by atoms with Crippen LogP contribution in [0.1, 0.15) is 29.8 Å². The molecule has 1 aromatic heterocycles. The van der Waals surface area contributed by atoms with Gasteiger partial charge < -0.3 is 19.7 Å². The van der Waals surface area contributed by atoms with Crippen molar-refractivity contribution in [2.75, 3.05) is 13.7 Å². The summed E-state index contributed by atoms with van der Waals surface area (Å²) in [6.45, 7) is 4.45. The van der Waals surface area contributed by atoms with E-state index >= 15 is 0 Å². The van der Waals surface area contributed by atoms with Crippen LogP contribution >= 0.6 is 0 Å². The Morgan fingerprint density at radius 2 is 1.96 bits per heavy atom. The number of rotatable bonds is 8. The highest BCUT2D eigenvalue weighted by Crippen LogP contribution is 2.18. The van der Waals surface area contributed by atoms with Crippen LogP contribution in [-0.4, -0.2) is 29.4 Å². The van der Waals surface area contributed by atoms with Gasteiger partial charge in [0.05, 0.1) is 12.8 Å². The van der Waals surface area contributed by atoms with Crippen LogP contribution in [0.5, 0.6) is 5.75 Å². The molecule has 8 nitrogen and oxygen atoms in total. The van der Waals surface area contributed by atoms with Gasteiger partial charge in [-0.25, -0.2) is 14.6 Å². The van der Waals surface area contributed by atoms with Gasteiger partial charge in [-0.3, -0.25) is 4.79 Å². The first kappa shape index (κ1) is 20.5. The molecule has 2 aromatic rings. The van der Waals surface area contributed by atoms with Crippen LogP contribution in [-0.2, 0) is 27.7 Å². The number of nitrogens with one attached hydrogen (secondary N) is 1. The predicted molar refractivity (Wildman–Crippen MR) is 98.2 cm³/mol. The van der Waals surface area contributed by atoms with E-state index in [4.69, 9.17) is 9.62 Å². The Bertz CT molecular complexity index is 816. The fourth-order valence-electron chi connectivity index (χ4n) is 2.47. The van der Waals surface area contributed by atoms with Crippen LogP contribution < -0.4 is 10.7 Å². The third-order valence-corrected chi connectivity index (χ3v) is 4.11. The lowest BCUT2D eigenvalue weighted by Gasteiger charge is -2.16. The molecule has 0 aliphatic rings. The largest absolute Gasteiger partial charge is 0.503 e. The van der Waals surface area contributed by atoms with Crippen molar-refractivity contribution in [1.29, 1.82) is 0 Å². The summed E-state index contributed by atoms with van der Waals surface area (Å²) in [5.74, 6) is -0.284. The molecule has 27 heavy (non-hydrogen) atoms. The molecule has 146 valence electrons. The van der Waals surface area contributed by atoms with Gasteiger partial charge in [0.1, 0.15) is 12.7 Å². The van der Waals surface area contributed by atoms with Gasteiger partial charge >= 0.3 is 6.09 Å². The van der Waals surface area contributed by atoms with Crippen molar-refractivity contribution in [1.82, 2.24) is 9.88 Å². The molecule has 0 aliphatic heterocycles. The van der Waals surface area contributed by atoms with Gasteiger partial charge in [-0.2, -0.15) is 0 Å². The van der Waals surface area contributed by atoms with Crippen molar-refractivity contribution in [2.45, 2.75) is 33.1 Å². The second-order valence-corrected chi connectivity index (χ2v) is 5.95. The molecule has 0 radical (unpaired) electrons. The minimum atomic E-state index is -0.544. The predicted octanol–water partition coefficient (Wildman–Crippen LogP) is 2.43. The topological polar surface area (TPSA) is 99.0 Å². The first-order valence-corrected chi connectivity index (χ1v) is 8.50.